The molecule has 3 aromatic rings. The van der Waals surface area contributed by atoms with Crippen molar-refractivity contribution in [1.82, 2.24) is 20.1 Å². The number of rotatable bonds is 6. The van der Waals surface area contributed by atoms with Gasteiger partial charge in [-0.3, -0.25) is 9.89 Å². The molecule has 7 nitrogen and oxygen atoms in total. The molecule has 1 amide bonds. The summed E-state index contributed by atoms with van der Waals surface area (Å²) in [6.07, 6.45) is -0.187. The highest BCUT2D eigenvalue weighted by Gasteiger charge is 2.24. The number of aromatic nitrogens is 3. The van der Waals surface area contributed by atoms with Gasteiger partial charge in [0.05, 0.1) is 17.2 Å². The molecule has 2 aromatic heterocycles. The normalized spacial score (nSPS) is 15.5. The molecule has 0 bridgehead atoms. The van der Waals surface area contributed by atoms with Gasteiger partial charge in [-0.2, -0.15) is 0 Å². The Morgan fingerprint density at radius 3 is 3.00 bits per heavy atom. The molecule has 3 heterocycles. The van der Waals surface area contributed by atoms with Crippen molar-refractivity contribution >= 4 is 29.0 Å². The highest BCUT2D eigenvalue weighted by atomic mass is 32.2. The van der Waals surface area contributed by atoms with Crippen molar-refractivity contribution < 1.29 is 14.3 Å². The maximum absolute atomic E-state index is 12.4. The monoisotopic (exact) mass is 402 g/mol. The molecule has 1 N–H and O–H groups in total. The summed E-state index contributed by atoms with van der Waals surface area (Å²) in [6, 6.07) is 11.5. The summed E-state index contributed by atoms with van der Waals surface area (Å²) in [5.41, 5.74) is 0. The topological polar surface area (TPSA) is 80.3 Å². The number of thioether (sulfide) groups is 1. The number of nitrogens with one attached hydrogen (secondary N) is 1. The van der Waals surface area contributed by atoms with Crippen LogP contribution in [0.25, 0.3) is 10.7 Å². The summed E-state index contributed by atoms with van der Waals surface area (Å²) < 4.78 is 11.6. The minimum Gasteiger partial charge on any atom is -0.486 e. The van der Waals surface area contributed by atoms with Crippen molar-refractivity contribution in [3.8, 4) is 22.2 Å². The third kappa shape index (κ3) is 4.25. The predicted molar refractivity (Wildman–Crippen MR) is 104 cm³/mol. The maximum Gasteiger partial charge on any atom is 0.232 e. The molecule has 9 heteroatoms. The molecular weight excluding hydrogens is 384 g/mol. The molecular formula is C18H18N4O3S2. The van der Waals surface area contributed by atoms with E-state index in [1.807, 2.05) is 41.8 Å². The summed E-state index contributed by atoms with van der Waals surface area (Å²) in [5, 5.41) is 9.61. The number of carbonyl (C=O) groups excluding carboxylic acids is 1. The van der Waals surface area contributed by atoms with Crippen LogP contribution in [0.4, 0.5) is 0 Å². The van der Waals surface area contributed by atoms with Gasteiger partial charge in [-0.25, -0.2) is 4.98 Å². The highest BCUT2D eigenvalue weighted by Crippen LogP contribution is 2.31. The fourth-order valence-corrected chi connectivity index (χ4v) is 4.03. The zero-order valence-electron chi connectivity index (χ0n) is 14.6. The van der Waals surface area contributed by atoms with Gasteiger partial charge in [0.25, 0.3) is 0 Å². The number of carbonyl (C=O) groups is 1. The third-order valence-corrected chi connectivity index (χ3v) is 5.72. The van der Waals surface area contributed by atoms with E-state index in [0.29, 0.717) is 24.1 Å². The Bertz CT molecular complexity index is 913. The van der Waals surface area contributed by atoms with Crippen molar-refractivity contribution in [3.05, 3.63) is 41.8 Å². The molecule has 4 rings (SSSR count). The van der Waals surface area contributed by atoms with Gasteiger partial charge in [-0.15, -0.1) is 16.4 Å². The lowest BCUT2D eigenvalue weighted by atomic mass is 10.2. The smallest absolute Gasteiger partial charge is 0.232 e. The molecule has 27 heavy (non-hydrogen) atoms. The third-order valence-electron chi connectivity index (χ3n) is 4.01. The van der Waals surface area contributed by atoms with Crippen molar-refractivity contribution in [2.24, 2.45) is 0 Å². The van der Waals surface area contributed by atoms with Crippen molar-refractivity contribution in [2.45, 2.75) is 11.3 Å². The number of likely N-dealkylation sites (N-methyl/N-ethyl adjacent to an activating group) is 1. The molecule has 0 saturated carbocycles. The Balaban J connectivity index is 1.27. The Morgan fingerprint density at radius 2 is 2.19 bits per heavy atom. The number of aromatic amines is 1. The molecule has 1 atom stereocenters. The average Bonchev–Trinajstić information content (AvgIpc) is 3.37. The largest absolute Gasteiger partial charge is 0.486 e. The first kappa shape index (κ1) is 17.9. The summed E-state index contributed by atoms with van der Waals surface area (Å²) in [5.74, 6) is 2.43. The summed E-state index contributed by atoms with van der Waals surface area (Å²) in [4.78, 5) is 19.5. The molecule has 0 unspecified atom stereocenters. The van der Waals surface area contributed by atoms with E-state index in [0.717, 1.165) is 16.5 Å². The van der Waals surface area contributed by atoms with Crippen molar-refractivity contribution in [3.63, 3.8) is 0 Å². The van der Waals surface area contributed by atoms with E-state index in [2.05, 4.69) is 15.2 Å². The van der Waals surface area contributed by atoms with Gasteiger partial charge in [-0.05, 0) is 23.6 Å². The quantitative estimate of drug-likeness (QED) is 0.639. The first-order valence-electron chi connectivity index (χ1n) is 8.40. The number of nitrogens with zero attached hydrogens (tertiary/aromatic N) is 3. The minimum atomic E-state index is -0.187. The van der Waals surface area contributed by atoms with E-state index >= 15 is 0 Å². The number of ether oxygens (including phenoxy) is 2. The van der Waals surface area contributed by atoms with Crippen LogP contribution in [-0.2, 0) is 4.79 Å². The second kappa shape index (κ2) is 8.01. The van der Waals surface area contributed by atoms with Crippen LogP contribution < -0.4 is 9.47 Å². The van der Waals surface area contributed by atoms with Gasteiger partial charge in [-0.1, -0.05) is 30.0 Å². The van der Waals surface area contributed by atoms with Gasteiger partial charge in [0, 0.05) is 7.05 Å². The zero-order chi connectivity index (χ0) is 18.6. The lowest BCUT2D eigenvalue weighted by Gasteiger charge is -2.29. The SMILES string of the molecule is CN(C[C@@H]1COc2ccccc2O1)C(=O)CSc1n[nH]c(-c2cccs2)n1. The van der Waals surface area contributed by atoms with Crippen molar-refractivity contribution in [1.29, 1.82) is 0 Å². The van der Waals surface area contributed by atoms with Crippen LogP contribution in [0, 0.1) is 0 Å². The minimum absolute atomic E-state index is 0.00932. The van der Waals surface area contributed by atoms with Crippen LogP contribution in [0.1, 0.15) is 0 Å². The Labute approximate surface area is 164 Å². The number of H-pyrrole nitrogens is 1. The molecule has 1 aromatic carbocycles. The second-order valence-corrected chi connectivity index (χ2v) is 7.89. The number of thiophene rings is 1. The molecule has 0 fully saturated rings. The number of amides is 1. The van der Waals surface area contributed by atoms with Gasteiger partial charge >= 0.3 is 0 Å². The standard InChI is InChI=1S/C18H18N4O3S2/c1-22(9-12-10-24-13-5-2-3-6-14(13)25-12)16(23)11-27-18-19-17(20-21-18)15-7-4-8-26-15/h2-8,12H,9-11H2,1H3,(H,19,20,21)/t12-/m1/s1. The zero-order valence-corrected chi connectivity index (χ0v) is 16.3. The molecule has 140 valence electrons. The molecule has 0 radical (unpaired) electrons. The van der Waals surface area contributed by atoms with Gasteiger partial charge in [0.2, 0.25) is 11.1 Å². The Hall–Kier alpha value is -2.52. The predicted octanol–water partition coefficient (Wildman–Crippen LogP) is 2.92. The average molecular weight is 403 g/mol. The lowest BCUT2D eigenvalue weighted by molar-refractivity contribution is -0.128. The molecule has 1 aliphatic heterocycles. The van der Waals surface area contributed by atoms with Crippen LogP contribution in [0.5, 0.6) is 11.5 Å². The Kier molecular flexibility index (Phi) is 5.30. The van der Waals surface area contributed by atoms with E-state index in [9.17, 15) is 4.79 Å². The van der Waals surface area contributed by atoms with Crippen LogP contribution in [0.15, 0.2) is 46.9 Å². The van der Waals surface area contributed by atoms with Gasteiger partial charge in [0.15, 0.2) is 23.4 Å². The molecule has 0 aliphatic carbocycles. The van der Waals surface area contributed by atoms with Crippen LogP contribution in [0.3, 0.4) is 0 Å². The number of fused-ring (bicyclic) bond motifs is 1. The van der Waals surface area contributed by atoms with E-state index in [1.165, 1.54) is 11.8 Å². The number of benzene rings is 1. The first-order valence-corrected chi connectivity index (χ1v) is 10.3. The van der Waals surface area contributed by atoms with E-state index in [1.54, 1.807) is 23.3 Å². The lowest BCUT2D eigenvalue weighted by Crippen LogP contribution is -2.42. The van der Waals surface area contributed by atoms with E-state index in [-0.39, 0.29) is 17.8 Å². The van der Waals surface area contributed by atoms with Crippen molar-refractivity contribution in [2.75, 3.05) is 26.0 Å². The van der Waals surface area contributed by atoms with Crippen LogP contribution >= 0.6 is 23.1 Å². The first-order chi connectivity index (χ1) is 13.2. The van der Waals surface area contributed by atoms with Gasteiger partial charge in [0.1, 0.15) is 6.61 Å². The second-order valence-electron chi connectivity index (χ2n) is 6.00. The molecule has 1 aliphatic rings. The number of para-hydroxylation sites is 2. The maximum atomic E-state index is 12.4. The highest BCUT2D eigenvalue weighted by molar-refractivity contribution is 7.99. The molecule has 0 spiro atoms. The van der Waals surface area contributed by atoms with E-state index < -0.39 is 0 Å². The van der Waals surface area contributed by atoms with Crippen LogP contribution in [-0.4, -0.2) is 58.0 Å². The number of hydrogen-bond donors (Lipinski definition) is 1. The summed E-state index contributed by atoms with van der Waals surface area (Å²) in [6.45, 7) is 0.884. The fraction of sp³-hybridized carbons (Fsp3) is 0.278. The Morgan fingerprint density at radius 1 is 1.33 bits per heavy atom. The summed E-state index contributed by atoms with van der Waals surface area (Å²) in [7, 11) is 1.77. The van der Waals surface area contributed by atoms with Crippen LogP contribution in [0.2, 0.25) is 0 Å². The summed E-state index contributed by atoms with van der Waals surface area (Å²) >= 11 is 2.90. The van der Waals surface area contributed by atoms with E-state index in [4.69, 9.17) is 9.47 Å². The number of hydrogen-bond acceptors (Lipinski definition) is 7. The molecule has 0 saturated heterocycles. The van der Waals surface area contributed by atoms with Gasteiger partial charge < -0.3 is 14.4 Å². The fourth-order valence-electron chi connectivity index (χ4n) is 2.63.